The van der Waals surface area contributed by atoms with E-state index in [1.807, 2.05) is 31.4 Å². The van der Waals surface area contributed by atoms with Gasteiger partial charge in [0.15, 0.2) is 0 Å². The Hall–Kier alpha value is -1.32. The molecule has 1 aliphatic heterocycles. The SMILES string of the molecule is CNC1CCN(c2ccc(Cl)c3cccnc23)C(C)C1. The molecule has 1 aromatic carbocycles. The van der Waals surface area contributed by atoms with Crippen LogP contribution in [0.15, 0.2) is 30.5 Å². The zero-order valence-electron chi connectivity index (χ0n) is 11.9. The molecule has 3 rings (SSSR count). The van der Waals surface area contributed by atoms with Gasteiger partial charge < -0.3 is 10.2 Å². The van der Waals surface area contributed by atoms with Crippen molar-refractivity contribution in [3.63, 3.8) is 0 Å². The monoisotopic (exact) mass is 289 g/mol. The van der Waals surface area contributed by atoms with E-state index >= 15 is 0 Å². The van der Waals surface area contributed by atoms with E-state index < -0.39 is 0 Å². The van der Waals surface area contributed by atoms with Gasteiger partial charge in [-0.25, -0.2) is 0 Å². The van der Waals surface area contributed by atoms with Crippen molar-refractivity contribution in [3.05, 3.63) is 35.5 Å². The number of nitrogens with one attached hydrogen (secondary N) is 1. The number of aromatic nitrogens is 1. The lowest BCUT2D eigenvalue weighted by atomic mass is 9.97. The highest BCUT2D eigenvalue weighted by Crippen LogP contribution is 2.33. The first-order valence-electron chi connectivity index (χ1n) is 7.18. The number of benzene rings is 1. The normalized spacial score (nSPS) is 23.2. The van der Waals surface area contributed by atoms with E-state index in [0.717, 1.165) is 35.3 Å². The van der Waals surface area contributed by atoms with Crippen molar-refractivity contribution in [1.29, 1.82) is 0 Å². The molecule has 20 heavy (non-hydrogen) atoms. The summed E-state index contributed by atoms with van der Waals surface area (Å²) in [6.45, 7) is 3.34. The number of hydrogen-bond donors (Lipinski definition) is 1. The van der Waals surface area contributed by atoms with Crippen LogP contribution in [0.3, 0.4) is 0 Å². The number of piperidine rings is 1. The van der Waals surface area contributed by atoms with Gasteiger partial charge in [0.25, 0.3) is 0 Å². The lowest BCUT2D eigenvalue weighted by Gasteiger charge is -2.39. The van der Waals surface area contributed by atoms with Gasteiger partial charge in [-0.1, -0.05) is 11.6 Å². The summed E-state index contributed by atoms with van der Waals surface area (Å²) >= 11 is 6.28. The molecule has 3 nitrogen and oxygen atoms in total. The Bertz CT molecular complexity index is 614. The van der Waals surface area contributed by atoms with E-state index in [9.17, 15) is 0 Å². The molecule has 1 N–H and O–H groups in total. The zero-order chi connectivity index (χ0) is 14.1. The second kappa shape index (κ2) is 5.58. The number of hydrogen-bond acceptors (Lipinski definition) is 3. The van der Waals surface area contributed by atoms with E-state index in [0.29, 0.717) is 12.1 Å². The summed E-state index contributed by atoms with van der Waals surface area (Å²) in [4.78, 5) is 7.01. The molecule has 0 saturated carbocycles. The standard InChI is InChI=1S/C16H20ClN3/c1-11-10-12(18-2)7-9-20(11)15-6-5-14(17)13-4-3-8-19-16(13)15/h3-6,8,11-12,18H,7,9-10H2,1-2H3. The second-order valence-corrected chi connectivity index (χ2v) is 5.93. The molecule has 1 fully saturated rings. The number of fused-ring (bicyclic) bond motifs is 1. The van der Waals surface area contributed by atoms with Crippen LogP contribution in [0, 0.1) is 0 Å². The van der Waals surface area contributed by atoms with Crippen LogP contribution in [-0.4, -0.2) is 30.7 Å². The van der Waals surface area contributed by atoms with Crippen molar-refractivity contribution < 1.29 is 0 Å². The van der Waals surface area contributed by atoms with Gasteiger partial charge in [-0.3, -0.25) is 4.98 Å². The molecule has 0 bridgehead atoms. The summed E-state index contributed by atoms with van der Waals surface area (Å²) < 4.78 is 0. The largest absolute Gasteiger partial charge is 0.367 e. The van der Waals surface area contributed by atoms with Crippen molar-refractivity contribution in [2.45, 2.75) is 31.8 Å². The highest BCUT2D eigenvalue weighted by Gasteiger charge is 2.26. The molecule has 2 unspecified atom stereocenters. The molecule has 1 saturated heterocycles. The number of nitrogens with zero attached hydrogens (tertiary/aromatic N) is 2. The fraction of sp³-hybridized carbons (Fsp3) is 0.438. The lowest BCUT2D eigenvalue weighted by Crippen LogP contribution is -2.46. The smallest absolute Gasteiger partial charge is 0.0950 e. The highest BCUT2D eigenvalue weighted by atomic mass is 35.5. The molecule has 0 amide bonds. The minimum absolute atomic E-state index is 0.507. The number of pyridine rings is 1. The quantitative estimate of drug-likeness (QED) is 0.918. The van der Waals surface area contributed by atoms with E-state index in [2.05, 4.69) is 28.2 Å². The Morgan fingerprint density at radius 1 is 1.35 bits per heavy atom. The molecule has 0 radical (unpaired) electrons. The molecular weight excluding hydrogens is 270 g/mol. The first-order chi connectivity index (χ1) is 9.70. The predicted octanol–water partition coefficient (Wildman–Crippen LogP) is 3.46. The molecule has 2 heterocycles. The Morgan fingerprint density at radius 2 is 2.20 bits per heavy atom. The third-order valence-corrected chi connectivity index (χ3v) is 4.62. The first-order valence-corrected chi connectivity index (χ1v) is 7.55. The van der Waals surface area contributed by atoms with Gasteiger partial charge in [-0.2, -0.15) is 0 Å². The van der Waals surface area contributed by atoms with Gasteiger partial charge in [0, 0.05) is 30.2 Å². The number of anilines is 1. The molecule has 2 aromatic rings. The Kier molecular flexibility index (Phi) is 3.81. The first kappa shape index (κ1) is 13.7. The topological polar surface area (TPSA) is 28.2 Å². The minimum atomic E-state index is 0.507. The molecule has 4 heteroatoms. The predicted molar refractivity (Wildman–Crippen MR) is 85.6 cm³/mol. The maximum Gasteiger partial charge on any atom is 0.0950 e. The fourth-order valence-corrected chi connectivity index (χ4v) is 3.36. The molecule has 1 aliphatic rings. The molecule has 0 spiro atoms. The molecular formula is C16H20ClN3. The summed E-state index contributed by atoms with van der Waals surface area (Å²) in [5.74, 6) is 0. The van der Waals surface area contributed by atoms with Crippen LogP contribution >= 0.6 is 11.6 Å². The van der Waals surface area contributed by atoms with Crippen molar-refractivity contribution in [2.24, 2.45) is 0 Å². The van der Waals surface area contributed by atoms with E-state index in [4.69, 9.17) is 11.6 Å². The van der Waals surface area contributed by atoms with E-state index in [1.54, 1.807) is 0 Å². The third-order valence-electron chi connectivity index (χ3n) is 4.29. The van der Waals surface area contributed by atoms with Gasteiger partial charge in [0.2, 0.25) is 0 Å². The van der Waals surface area contributed by atoms with Crippen LogP contribution in [0.1, 0.15) is 19.8 Å². The summed E-state index contributed by atoms with van der Waals surface area (Å²) in [6.07, 6.45) is 4.17. The summed E-state index contributed by atoms with van der Waals surface area (Å²) in [6, 6.07) is 9.19. The number of rotatable bonds is 2. The van der Waals surface area contributed by atoms with Crippen molar-refractivity contribution in [2.75, 3.05) is 18.5 Å². The van der Waals surface area contributed by atoms with Gasteiger partial charge in [0.1, 0.15) is 0 Å². The maximum absolute atomic E-state index is 6.28. The average Bonchev–Trinajstić information content (AvgIpc) is 2.48. The van der Waals surface area contributed by atoms with Crippen LogP contribution in [0.4, 0.5) is 5.69 Å². The zero-order valence-corrected chi connectivity index (χ0v) is 12.7. The number of halogens is 1. The van der Waals surface area contributed by atoms with Gasteiger partial charge in [-0.05, 0) is 51.1 Å². The van der Waals surface area contributed by atoms with Crippen LogP contribution in [0.25, 0.3) is 10.9 Å². The van der Waals surface area contributed by atoms with E-state index in [-0.39, 0.29) is 0 Å². The van der Waals surface area contributed by atoms with Crippen LogP contribution in [0.5, 0.6) is 0 Å². The highest BCUT2D eigenvalue weighted by molar-refractivity contribution is 6.35. The van der Waals surface area contributed by atoms with Gasteiger partial charge >= 0.3 is 0 Å². The lowest BCUT2D eigenvalue weighted by molar-refractivity contribution is 0.387. The van der Waals surface area contributed by atoms with Gasteiger partial charge in [-0.15, -0.1) is 0 Å². The van der Waals surface area contributed by atoms with Crippen molar-refractivity contribution in [3.8, 4) is 0 Å². The van der Waals surface area contributed by atoms with Crippen molar-refractivity contribution in [1.82, 2.24) is 10.3 Å². The molecule has 0 aliphatic carbocycles. The van der Waals surface area contributed by atoms with E-state index in [1.165, 1.54) is 5.69 Å². The summed E-state index contributed by atoms with van der Waals surface area (Å²) in [5.41, 5.74) is 2.21. The molecule has 106 valence electrons. The maximum atomic E-state index is 6.28. The summed E-state index contributed by atoms with van der Waals surface area (Å²) in [5, 5.41) is 5.20. The minimum Gasteiger partial charge on any atom is -0.367 e. The second-order valence-electron chi connectivity index (χ2n) is 5.52. The van der Waals surface area contributed by atoms with Crippen LogP contribution < -0.4 is 10.2 Å². The molecule has 2 atom stereocenters. The Morgan fingerprint density at radius 3 is 2.95 bits per heavy atom. The van der Waals surface area contributed by atoms with Crippen LogP contribution in [-0.2, 0) is 0 Å². The van der Waals surface area contributed by atoms with Crippen molar-refractivity contribution >= 4 is 28.2 Å². The fourth-order valence-electron chi connectivity index (χ4n) is 3.15. The average molecular weight is 290 g/mol. The Balaban J connectivity index is 2.01. The summed E-state index contributed by atoms with van der Waals surface area (Å²) in [7, 11) is 2.05. The van der Waals surface area contributed by atoms with Crippen LogP contribution in [0.2, 0.25) is 5.02 Å². The van der Waals surface area contributed by atoms with Gasteiger partial charge in [0.05, 0.1) is 16.2 Å². The third kappa shape index (κ3) is 2.36. The molecule has 1 aromatic heterocycles. The Labute approximate surface area is 124 Å².